The third-order valence-corrected chi connectivity index (χ3v) is 5.32. The second kappa shape index (κ2) is 7.59. The highest BCUT2D eigenvalue weighted by molar-refractivity contribution is 7.14. The molecule has 126 valence electrons. The second-order valence-corrected chi connectivity index (χ2v) is 6.85. The number of hydrogen-bond acceptors (Lipinski definition) is 5. The second-order valence-electron chi connectivity index (χ2n) is 5.71. The van der Waals surface area contributed by atoms with E-state index in [1.54, 1.807) is 13.0 Å². The molecular formula is C16H21NO5S. The van der Waals surface area contributed by atoms with Crippen LogP contribution in [0.2, 0.25) is 0 Å². The number of amides is 1. The molecule has 2 rings (SSSR count). The lowest BCUT2D eigenvalue weighted by molar-refractivity contribution is -0.154. The van der Waals surface area contributed by atoms with Crippen molar-refractivity contribution in [2.45, 2.75) is 33.1 Å². The Morgan fingerprint density at radius 1 is 1.48 bits per heavy atom. The van der Waals surface area contributed by atoms with Gasteiger partial charge in [0.1, 0.15) is 10.8 Å². The van der Waals surface area contributed by atoms with E-state index in [0.717, 1.165) is 23.3 Å². The maximum atomic E-state index is 11.8. The summed E-state index contributed by atoms with van der Waals surface area (Å²) in [5.41, 5.74) is 0.981. The summed E-state index contributed by atoms with van der Waals surface area (Å²) in [6, 6.07) is 1.69. The Kier molecular flexibility index (Phi) is 5.76. The molecule has 1 aliphatic rings. The monoisotopic (exact) mass is 339 g/mol. The average molecular weight is 339 g/mol. The number of rotatable bonds is 6. The molecule has 0 aromatic carbocycles. The van der Waals surface area contributed by atoms with Gasteiger partial charge in [-0.05, 0) is 50.7 Å². The van der Waals surface area contributed by atoms with Gasteiger partial charge in [-0.25, -0.2) is 4.79 Å². The highest BCUT2D eigenvalue weighted by atomic mass is 32.1. The van der Waals surface area contributed by atoms with E-state index in [2.05, 4.69) is 5.32 Å². The molecule has 0 aliphatic carbocycles. The van der Waals surface area contributed by atoms with E-state index < -0.39 is 17.9 Å². The van der Waals surface area contributed by atoms with Gasteiger partial charge >= 0.3 is 11.9 Å². The number of aryl methyl sites for hydroxylation is 2. The van der Waals surface area contributed by atoms with Crippen LogP contribution in [-0.4, -0.2) is 36.1 Å². The Morgan fingerprint density at radius 2 is 2.22 bits per heavy atom. The van der Waals surface area contributed by atoms with Gasteiger partial charge in [-0.3, -0.25) is 9.59 Å². The van der Waals surface area contributed by atoms with Crippen molar-refractivity contribution < 1.29 is 24.2 Å². The SMILES string of the molecule is CCOC(=O)C1CC(CCc2sc(C(=O)O)cc2C)CNC1=O. The van der Waals surface area contributed by atoms with Gasteiger partial charge in [0.15, 0.2) is 0 Å². The number of hydrogen-bond donors (Lipinski definition) is 2. The van der Waals surface area contributed by atoms with Crippen molar-refractivity contribution in [1.29, 1.82) is 0 Å². The number of carboxylic acids is 1. The largest absolute Gasteiger partial charge is 0.477 e. The molecule has 7 heteroatoms. The molecule has 2 atom stereocenters. The van der Waals surface area contributed by atoms with Crippen molar-refractivity contribution in [1.82, 2.24) is 5.32 Å². The van der Waals surface area contributed by atoms with Crippen molar-refractivity contribution in [3.63, 3.8) is 0 Å². The summed E-state index contributed by atoms with van der Waals surface area (Å²) in [7, 11) is 0. The topological polar surface area (TPSA) is 92.7 Å². The van der Waals surface area contributed by atoms with E-state index in [4.69, 9.17) is 9.84 Å². The first-order valence-corrected chi connectivity index (χ1v) is 8.51. The molecule has 6 nitrogen and oxygen atoms in total. The van der Waals surface area contributed by atoms with Crippen molar-refractivity contribution in [3.8, 4) is 0 Å². The van der Waals surface area contributed by atoms with E-state index >= 15 is 0 Å². The molecule has 0 bridgehead atoms. The smallest absolute Gasteiger partial charge is 0.345 e. The maximum absolute atomic E-state index is 11.8. The highest BCUT2D eigenvalue weighted by Crippen LogP contribution is 2.27. The third kappa shape index (κ3) is 4.31. The number of thiophene rings is 1. The first kappa shape index (κ1) is 17.5. The molecule has 2 N–H and O–H groups in total. The van der Waals surface area contributed by atoms with E-state index in [1.807, 2.05) is 6.92 Å². The molecule has 2 heterocycles. The molecular weight excluding hydrogens is 318 g/mol. The van der Waals surface area contributed by atoms with Crippen LogP contribution in [0.15, 0.2) is 6.07 Å². The fourth-order valence-electron chi connectivity index (χ4n) is 2.77. The standard InChI is InChI=1S/C16H21NO5S/c1-3-22-16(21)11-7-10(8-17-14(11)18)4-5-12-9(2)6-13(23-12)15(19)20/h6,10-11H,3-5,7-8H2,1-2H3,(H,17,18)(H,19,20). The molecule has 1 aliphatic heterocycles. The molecule has 0 spiro atoms. The number of nitrogens with one attached hydrogen (secondary N) is 1. The Bertz CT molecular complexity index is 610. The summed E-state index contributed by atoms with van der Waals surface area (Å²) in [6.07, 6.45) is 2.04. The summed E-state index contributed by atoms with van der Waals surface area (Å²) in [5.74, 6) is -2.17. The molecule has 1 fully saturated rings. The average Bonchev–Trinajstić information content (AvgIpc) is 2.88. The molecule has 1 amide bonds. The molecule has 1 saturated heterocycles. The lowest BCUT2D eigenvalue weighted by atomic mass is 9.86. The third-order valence-electron chi connectivity index (χ3n) is 4.03. The zero-order chi connectivity index (χ0) is 17.0. The van der Waals surface area contributed by atoms with Crippen LogP contribution in [0.25, 0.3) is 0 Å². The van der Waals surface area contributed by atoms with Crippen molar-refractivity contribution in [2.75, 3.05) is 13.2 Å². The van der Waals surface area contributed by atoms with Crippen LogP contribution in [0.3, 0.4) is 0 Å². The van der Waals surface area contributed by atoms with Gasteiger partial charge in [0.25, 0.3) is 0 Å². The van der Waals surface area contributed by atoms with Crippen LogP contribution in [0.4, 0.5) is 0 Å². The number of carbonyl (C=O) groups excluding carboxylic acids is 2. The van der Waals surface area contributed by atoms with Crippen LogP contribution in [0.5, 0.6) is 0 Å². The van der Waals surface area contributed by atoms with Gasteiger partial charge < -0.3 is 15.2 Å². The van der Waals surface area contributed by atoms with E-state index in [1.165, 1.54) is 11.3 Å². The van der Waals surface area contributed by atoms with Gasteiger partial charge in [0.05, 0.1) is 6.61 Å². The fourth-order valence-corrected chi connectivity index (χ4v) is 3.79. The number of ether oxygens (including phenoxy) is 1. The number of esters is 1. The summed E-state index contributed by atoms with van der Waals surface area (Å²) in [6.45, 7) is 4.43. The van der Waals surface area contributed by atoms with E-state index in [-0.39, 0.29) is 18.4 Å². The van der Waals surface area contributed by atoms with Crippen LogP contribution in [0.1, 0.15) is 39.9 Å². The minimum Gasteiger partial charge on any atom is -0.477 e. The zero-order valence-corrected chi connectivity index (χ0v) is 14.1. The van der Waals surface area contributed by atoms with Crippen LogP contribution >= 0.6 is 11.3 Å². The Morgan fingerprint density at radius 3 is 2.83 bits per heavy atom. The van der Waals surface area contributed by atoms with Gasteiger partial charge in [-0.1, -0.05) is 0 Å². The maximum Gasteiger partial charge on any atom is 0.345 e. The van der Waals surface area contributed by atoms with Gasteiger partial charge in [-0.15, -0.1) is 11.3 Å². The Balaban J connectivity index is 1.94. The molecule has 1 aromatic rings. The van der Waals surface area contributed by atoms with Crippen molar-refractivity contribution >= 4 is 29.2 Å². The van der Waals surface area contributed by atoms with E-state index in [9.17, 15) is 14.4 Å². The lowest BCUT2D eigenvalue weighted by Gasteiger charge is -2.27. The summed E-state index contributed by atoms with van der Waals surface area (Å²) in [4.78, 5) is 36.0. The first-order chi connectivity index (χ1) is 10.9. The van der Waals surface area contributed by atoms with Gasteiger partial charge in [0, 0.05) is 11.4 Å². The van der Waals surface area contributed by atoms with Gasteiger partial charge in [0.2, 0.25) is 5.91 Å². The Labute approximate surface area is 138 Å². The Hall–Kier alpha value is -1.89. The number of aromatic carboxylic acids is 1. The zero-order valence-electron chi connectivity index (χ0n) is 13.3. The fraction of sp³-hybridized carbons (Fsp3) is 0.562. The molecule has 1 aromatic heterocycles. The first-order valence-electron chi connectivity index (χ1n) is 7.69. The van der Waals surface area contributed by atoms with Crippen LogP contribution in [-0.2, 0) is 20.7 Å². The predicted molar refractivity (Wildman–Crippen MR) is 85.6 cm³/mol. The van der Waals surface area contributed by atoms with Crippen molar-refractivity contribution in [3.05, 3.63) is 21.4 Å². The summed E-state index contributed by atoms with van der Waals surface area (Å²) in [5, 5.41) is 11.8. The highest BCUT2D eigenvalue weighted by Gasteiger charge is 2.34. The summed E-state index contributed by atoms with van der Waals surface area (Å²) >= 11 is 1.29. The number of carbonyl (C=O) groups is 3. The van der Waals surface area contributed by atoms with Crippen LogP contribution < -0.4 is 5.32 Å². The van der Waals surface area contributed by atoms with E-state index in [0.29, 0.717) is 17.8 Å². The molecule has 0 radical (unpaired) electrons. The lowest BCUT2D eigenvalue weighted by Crippen LogP contribution is -2.45. The number of piperidine rings is 1. The van der Waals surface area contributed by atoms with Crippen molar-refractivity contribution in [2.24, 2.45) is 11.8 Å². The number of carboxylic acid groups (broad SMARTS) is 1. The molecule has 2 unspecified atom stereocenters. The molecule has 0 saturated carbocycles. The van der Waals surface area contributed by atoms with Gasteiger partial charge in [-0.2, -0.15) is 0 Å². The van der Waals surface area contributed by atoms with Crippen LogP contribution in [0, 0.1) is 18.8 Å². The predicted octanol–water partition coefficient (Wildman–Crippen LogP) is 2.00. The molecule has 23 heavy (non-hydrogen) atoms. The normalized spacial score (nSPS) is 20.9. The summed E-state index contributed by atoms with van der Waals surface area (Å²) < 4.78 is 4.95. The quantitative estimate of drug-likeness (QED) is 0.611. The minimum atomic E-state index is -0.906. The minimum absolute atomic E-state index is 0.192.